The molecule has 0 aliphatic carbocycles. The van der Waals surface area contributed by atoms with Gasteiger partial charge in [0.1, 0.15) is 18.3 Å². The van der Waals surface area contributed by atoms with E-state index in [4.69, 9.17) is 30.3 Å². The molecule has 0 aromatic carbocycles. The molecule has 9 heteroatoms. The van der Waals surface area contributed by atoms with Gasteiger partial charge in [0.15, 0.2) is 0 Å². The third-order valence-corrected chi connectivity index (χ3v) is 6.46. The molecular formula is C14H27O7PS. The maximum atomic E-state index is 10.3. The summed E-state index contributed by atoms with van der Waals surface area (Å²) in [6.07, 6.45) is -2.46. The Hall–Kier alpha value is 0.370. The van der Waals surface area contributed by atoms with Gasteiger partial charge in [-0.15, -0.1) is 0 Å². The number of ether oxygens (including phenoxy) is 2. The van der Waals surface area contributed by atoms with Crippen molar-refractivity contribution >= 4 is 18.5 Å². The average Bonchev–Trinajstić information content (AvgIpc) is 2.89. The van der Waals surface area contributed by atoms with Crippen molar-refractivity contribution in [1.82, 2.24) is 0 Å². The largest absolute Gasteiger partial charge is 0.394 e. The maximum absolute atomic E-state index is 10.3. The van der Waals surface area contributed by atoms with E-state index in [1.807, 2.05) is 27.7 Å². The molecule has 0 aromatic heterocycles. The lowest BCUT2D eigenvalue weighted by Crippen LogP contribution is -2.32. The SMILES string of the molecule is C[C@@H]1[C@H](O)[C@@H](COP(O)(=S)O[C@H]2[C@@H](C)[C@H](C)O[C@@H]2CO)O[C@H]1C. The molecule has 2 fully saturated rings. The molecule has 2 rings (SSSR count). The van der Waals surface area contributed by atoms with Crippen molar-refractivity contribution in [1.29, 1.82) is 0 Å². The van der Waals surface area contributed by atoms with Crippen LogP contribution >= 0.6 is 6.72 Å². The van der Waals surface area contributed by atoms with Crippen LogP contribution in [0.3, 0.4) is 0 Å². The molecule has 2 saturated heterocycles. The quantitative estimate of drug-likeness (QED) is 0.591. The van der Waals surface area contributed by atoms with Gasteiger partial charge in [0, 0.05) is 11.8 Å². The second-order valence-electron chi connectivity index (χ2n) is 6.49. The molecule has 0 spiro atoms. The van der Waals surface area contributed by atoms with Crippen LogP contribution in [0.15, 0.2) is 0 Å². The maximum Gasteiger partial charge on any atom is 0.324 e. The minimum absolute atomic E-state index is 0.0102. The van der Waals surface area contributed by atoms with E-state index in [9.17, 15) is 15.1 Å². The van der Waals surface area contributed by atoms with Gasteiger partial charge in [0.2, 0.25) is 0 Å². The lowest BCUT2D eigenvalue weighted by molar-refractivity contribution is -0.0283. The highest BCUT2D eigenvalue weighted by molar-refractivity contribution is 8.07. The number of hydrogen-bond acceptors (Lipinski definition) is 7. The number of hydrogen-bond donors (Lipinski definition) is 3. The third-order valence-electron chi connectivity index (χ3n) is 4.90. The van der Waals surface area contributed by atoms with E-state index < -0.39 is 31.1 Å². The van der Waals surface area contributed by atoms with E-state index in [0.29, 0.717) is 0 Å². The van der Waals surface area contributed by atoms with Crippen LogP contribution < -0.4 is 0 Å². The van der Waals surface area contributed by atoms with Gasteiger partial charge in [-0.2, -0.15) is 0 Å². The predicted molar refractivity (Wildman–Crippen MR) is 87.4 cm³/mol. The van der Waals surface area contributed by atoms with Crippen molar-refractivity contribution in [3.63, 3.8) is 0 Å². The number of rotatable bonds is 6. The van der Waals surface area contributed by atoms with Crippen LogP contribution in [-0.2, 0) is 30.3 Å². The predicted octanol–water partition coefficient (Wildman–Crippen LogP) is 0.805. The molecule has 0 saturated carbocycles. The van der Waals surface area contributed by atoms with Gasteiger partial charge in [0.05, 0.1) is 31.5 Å². The minimum Gasteiger partial charge on any atom is -0.394 e. The molecule has 136 valence electrons. The molecule has 0 aromatic rings. The van der Waals surface area contributed by atoms with Crippen LogP contribution in [0.25, 0.3) is 0 Å². The Morgan fingerprint density at radius 3 is 2.13 bits per heavy atom. The first-order chi connectivity index (χ1) is 10.7. The van der Waals surface area contributed by atoms with E-state index in [-0.39, 0.29) is 37.3 Å². The summed E-state index contributed by atoms with van der Waals surface area (Å²) in [5.41, 5.74) is 0. The normalized spacial score (nSPS) is 46.9. The van der Waals surface area contributed by atoms with Crippen LogP contribution in [0.4, 0.5) is 0 Å². The minimum atomic E-state index is -3.52. The standard InChI is InChI=1S/C14H27O7PS/c1-7-9(3)20-12(13(7)16)6-18-22(17,23)21-14-8(2)10(4)19-11(14)5-15/h7-16H,5-6H2,1-4H3,(H,17,23)/t7-,8-,9-,10-,11+,12+,13-,14-,22?/m0/s1. The Morgan fingerprint density at radius 2 is 1.61 bits per heavy atom. The summed E-state index contributed by atoms with van der Waals surface area (Å²) in [7, 11) is 0. The summed E-state index contributed by atoms with van der Waals surface area (Å²) in [6.45, 7) is 3.79. The van der Waals surface area contributed by atoms with Crippen LogP contribution in [0.2, 0.25) is 0 Å². The van der Waals surface area contributed by atoms with Gasteiger partial charge in [-0.3, -0.25) is 0 Å². The van der Waals surface area contributed by atoms with Crippen molar-refractivity contribution < 1.29 is 33.6 Å². The summed E-state index contributed by atoms with van der Waals surface area (Å²) in [5, 5.41) is 19.4. The molecule has 23 heavy (non-hydrogen) atoms. The molecule has 0 bridgehead atoms. The molecule has 7 nitrogen and oxygen atoms in total. The van der Waals surface area contributed by atoms with Crippen molar-refractivity contribution in [2.75, 3.05) is 13.2 Å². The fourth-order valence-electron chi connectivity index (χ4n) is 2.98. The fourth-order valence-corrected chi connectivity index (χ4v) is 4.49. The van der Waals surface area contributed by atoms with Gasteiger partial charge in [-0.05, 0) is 25.7 Å². The first-order valence-electron chi connectivity index (χ1n) is 7.92. The zero-order valence-electron chi connectivity index (χ0n) is 13.9. The van der Waals surface area contributed by atoms with Crippen LogP contribution in [0.1, 0.15) is 27.7 Å². The fraction of sp³-hybridized carbons (Fsp3) is 1.00. The molecular weight excluding hydrogens is 343 g/mol. The Morgan fingerprint density at radius 1 is 1.04 bits per heavy atom. The molecule has 3 N–H and O–H groups in total. The molecule has 2 aliphatic heterocycles. The highest BCUT2D eigenvalue weighted by atomic mass is 32.5. The Kier molecular flexibility index (Phi) is 6.61. The highest BCUT2D eigenvalue weighted by Gasteiger charge is 2.44. The van der Waals surface area contributed by atoms with Crippen LogP contribution in [-0.4, -0.2) is 64.9 Å². The zero-order chi connectivity index (χ0) is 17.4. The smallest absolute Gasteiger partial charge is 0.324 e. The van der Waals surface area contributed by atoms with E-state index in [0.717, 1.165) is 0 Å². The van der Waals surface area contributed by atoms with Gasteiger partial charge in [0.25, 0.3) is 0 Å². The van der Waals surface area contributed by atoms with Crippen molar-refractivity contribution in [3.8, 4) is 0 Å². The average molecular weight is 370 g/mol. The highest BCUT2D eigenvalue weighted by Crippen LogP contribution is 2.49. The molecule has 2 aliphatic rings. The lowest BCUT2D eigenvalue weighted by atomic mass is 10.00. The van der Waals surface area contributed by atoms with Crippen molar-refractivity contribution in [2.24, 2.45) is 11.8 Å². The van der Waals surface area contributed by atoms with Gasteiger partial charge >= 0.3 is 6.72 Å². The molecule has 1 unspecified atom stereocenters. The summed E-state index contributed by atoms with van der Waals surface area (Å²) in [4.78, 5) is 10.3. The zero-order valence-corrected chi connectivity index (χ0v) is 15.6. The molecule has 2 heterocycles. The van der Waals surface area contributed by atoms with Crippen LogP contribution in [0, 0.1) is 11.8 Å². The first kappa shape index (κ1) is 19.7. The van der Waals surface area contributed by atoms with Gasteiger partial charge in [-0.1, -0.05) is 13.8 Å². The number of aliphatic hydroxyl groups is 2. The summed E-state index contributed by atoms with van der Waals surface area (Å²) in [6, 6.07) is 0. The van der Waals surface area contributed by atoms with E-state index in [2.05, 4.69) is 0 Å². The summed E-state index contributed by atoms with van der Waals surface area (Å²) in [5.74, 6) is -0.0393. The second kappa shape index (κ2) is 7.72. The van der Waals surface area contributed by atoms with E-state index >= 15 is 0 Å². The topological polar surface area (TPSA) is 97.6 Å². The summed E-state index contributed by atoms with van der Waals surface area (Å²) >= 11 is 5.05. The Balaban J connectivity index is 1.91. The third kappa shape index (κ3) is 4.51. The van der Waals surface area contributed by atoms with Crippen LogP contribution in [0.5, 0.6) is 0 Å². The second-order valence-corrected chi connectivity index (χ2v) is 9.28. The van der Waals surface area contributed by atoms with Crippen molar-refractivity contribution in [2.45, 2.75) is 64.3 Å². The molecule has 0 amide bonds. The monoisotopic (exact) mass is 370 g/mol. The van der Waals surface area contributed by atoms with Gasteiger partial charge in [-0.25, -0.2) is 0 Å². The lowest BCUT2D eigenvalue weighted by Gasteiger charge is -2.26. The molecule has 9 atom stereocenters. The Bertz CT molecular complexity index is 451. The molecule has 0 radical (unpaired) electrons. The summed E-state index contributed by atoms with van der Waals surface area (Å²) < 4.78 is 22.1. The number of aliphatic hydroxyl groups excluding tert-OH is 2. The first-order valence-corrected chi connectivity index (χ1v) is 10.5. The van der Waals surface area contributed by atoms with E-state index in [1.165, 1.54) is 0 Å². The van der Waals surface area contributed by atoms with E-state index in [1.54, 1.807) is 0 Å². The Labute approximate surface area is 142 Å². The van der Waals surface area contributed by atoms with Gasteiger partial charge < -0.3 is 33.6 Å². The van der Waals surface area contributed by atoms with Crippen molar-refractivity contribution in [3.05, 3.63) is 0 Å².